The van der Waals surface area contributed by atoms with Crippen LogP contribution in [0.1, 0.15) is 16.1 Å². The molecule has 0 aliphatic carbocycles. The van der Waals surface area contributed by atoms with Gasteiger partial charge in [0, 0.05) is 17.7 Å². The molecule has 0 saturated carbocycles. The van der Waals surface area contributed by atoms with Crippen LogP contribution in [0, 0.1) is 0 Å². The van der Waals surface area contributed by atoms with Crippen molar-refractivity contribution < 1.29 is 9.90 Å². The molecule has 0 fully saturated rings. The smallest absolute Gasteiger partial charge is 0.339 e. The maximum Gasteiger partial charge on any atom is 0.339 e. The van der Waals surface area contributed by atoms with Gasteiger partial charge in [0.15, 0.2) is 0 Å². The number of carboxylic acids is 1. The molecule has 7 heteroatoms. The zero-order chi connectivity index (χ0) is 14.0. The second-order valence-electron chi connectivity index (χ2n) is 3.91. The number of nitrogens with zero attached hydrogens (tertiary/aromatic N) is 2. The van der Waals surface area contributed by atoms with Crippen molar-refractivity contribution in [3.63, 3.8) is 0 Å². The predicted molar refractivity (Wildman–Crippen MR) is 75.6 cm³/mol. The molecular weight excluding hydrogens is 286 g/mol. The number of hydrogen-bond acceptors (Lipinski definition) is 4. The normalized spacial score (nSPS) is 10.6. The summed E-state index contributed by atoms with van der Waals surface area (Å²) < 4.78 is 1.56. The first kappa shape index (κ1) is 13.8. The van der Waals surface area contributed by atoms with E-state index in [1.165, 1.54) is 18.0 Å². The minimum absolute atomic E-state index is 0.219. The van der Waals surface area contributed by atoms with Gasteiger partial charge in [-0.1, -0.05) is 11.6 Å². The molecule has 1 aromatic heterocycles. The molecule has 2 rings (SSSR count). The molecule has 0 saturated heterocycles. The van der Waals surface area contributed by atoms with Crippen molar-refractivity contribution in [1.82, 2.24) is 9.78 Å². The van der Waals surface area contributed by atoms with Gasteiger partial charge >= 0.3 is 5.97 Å². The van der Waals surface area contributed by atoms with Crippen molar-refractivity contribution in [2.45, 2.75) is 10.6 Å². The first-order chi connectivity index (χ1) is 8.99. The molecule has 3 N–H and O–H groups in total. The van der Waals surface area contributed by atoms with E-state index >= 15 is 0 Å². The van der Waals surface area contributed by atoms with E-state index in [1.807, 2.05) is 6.07 Å². The number of hydrogen-bond donors (Lipinski definition) is 2. The standard InChI is InChI=1S/C12H12ClN3O2S/c1-16-11(8(5-15-16)12(17)18)6-19-7-2-3-10(14)9(13)4-7/h2-5H,6,14H2,1H3,(H,17,18). The first-order valence-electron chi connectivity index (χ1n) is 5.41. The van der Waals surface area contributed by atoms with Crippen molar-refractivity contribution in [3.8, 4) is 0 Å². The van der Waals surface area contributed by atoms with Gasteiger partial charge in [-0.3, -0.25) is 4.68 Å². The average molecular weight is 298 g/mol. The second-order valence-corrected chi connectivity index (χ2v) is 5.36. The van der Waals surface area contributed by atoms with Crippen LogP contribution >= 0.6 is 23.4 Å². The quantitative estimate of drug-likeness (QED) is 0.670. The van der Waals surface area contributed by atoms with Crippen LogP contribution in [0.3, 0.4) is 0 Å². The molecule has 0 amide bonds. The number of halogens is 1. The Bertz CT molecular complexity index is 627. The third-order valence-corrected chi connectivity index (χ3v) is 3.97. The van der Waals surface area contributed by atoms with E-state index in [0.29, 0.717) is 22.2 Å². The molecule has 100 valence electrons. The third-order valence-electron chi connectivity index (χ3n) is 2.64. The molecule has 0 spiro atoms. The molecule has 0 radical (unpaired) electrons. The van der Waals surface area contributed by atoms with Crippen LogP contribution in [0.25, 0.3) is 0 Å². The number of carboxylic acid groups (broad SMARTS) is 1. The third kappa shape index (κ3) is 3.02. The number of anilines is 1. The summed E-state index contributed by atoms with van der Waals surface area (Å²) in [7, 11) is 1.72. The summed E-state index contributed by atoms with van der Waals surface area (Å²) in [5.41, 5.74) is 7.04. The molecular formula is C12H12ClN3O2S. The van der Waals surface area contributed by atoms with Gasteiger partial charge in [0.2, 0.25) is 0 Å². The van der Waals surface area contributed by atoms with Crippen LogP contribution in [-0.2, 0) is 12.8 Å². The summed E-state index contributed by atoms with van der Waals surface area (Å²) >= 11 is 7.42. The van der Waals surface area contributed by atoms with E-state index in [-0.39, 0.29) is 5.56 Å². The number of carbonyl (C=O) groups is 1. The lowest BCUT2D eigenvalue weighted by molar-refractivity contribution is 0.0696. The SMILES string of the molecule is Cn1ncc(C(=O)O)c1CSc1ccc(N)c(Cl)c1. The monoisotopic (exact) mass is 297 g/mol. The van der Waals surface area contributed by atoms with Gasteiger partial charge in [0.1, 0.15) is 5.56 Å². The second kappa shape index (κ2) is 5.54. The van der Waals surface area contributed by atoms with Crippen LogP contribution in [0.4, 0.5) is 5.69 Å². The molecule has 0 atom stereocenters. The number of rotatable bonds is 4. The number of aryl methyl sites for hydroxylation is 1. The van der Waals surface area contributed by atoms with Crippen LogP contribution in [0.5, 0.6) is 0 Å². The van der Waals surface area contributed by atoms with Crippen molar-refractivity contribution in [2.75, 3.05) is 5.73 Å². The Balaban J connectivity index is 2.16. The van der Waals surface area contributed by atoms with E-state index in [9.17, 15) is 4.79 Å². The van der Waals surface area contributed by atoms with E-state index in [4.69, 9.17) is 22.4 Å². The fraction of sp³-hybridized carbons (Fsp3) is 0.167. The largest absolute Gasteiger partial charge is 0.478 e. The van der Waals surface area contributed by atoms with Gasteiger partial charge in [-0.2, -0.15) is 5.10 Å². The average Bonchev–Trinajstić information content (AvgIpc) is 2.72. The number of nitrogen functional groups attached to an aromatic ring is 1. The Hall–Kier alpha value is -1.66. The Morgan fingerprint density at radius 1 is 1.58 bits per heavy atom. The molecule has 5 nitrogen and oxygen atoms in total. The maximum absolute atomic E-state index is 11.0. The summed E-state index contributed by atoms with van der Waals surface area (Å²) in [6, 6.07) is 5.34. The highest BCUT2D eigenvalue weighted by Crippen LogP contribution is 2.29. The van der Waals surface area contributed by atoms with Crippen LogP contribution in [-0.4, -0.2) is 20.9 Å². The molecule has 0 aliphatic heterocycles. The van der Waals surface area contributed by atoms with Gasteiger partial charge < -0.3 is 10.8 Å². The van der Waals surface area contributed by atoms with Crippen molar-refractivity contribution in [2.24, 2.45) is 7.05 Å². The molecule has 1 heterocycles. The summed E-state index contributed by atoms with van der Waals surface area (Å²) in [6.07, 6.45) is 1.36. The van der Waals surface area contributed by atoms with Crippen LogP contribution in [0.2, 0.25) is 5.02 Å². The van der Waals surface area contributed by atoms with Gasteiger partial charge in [-0.05, 0) is 18.2 Å². The summed E-state index contributed by atoms with van der Waals surface area (Å²) in [6.45, 7) is 0. The van der Waals surface area contributed by atoms with Crippen LogP contribution in [0.15, 0.2) is 29.3 Å². The molecule has 19 heavy (non-hydrogen) atoms. The molecule has 2 aromatic rings. The Kier molecular flexibility index (Phi) is 4.01. The minimum atomic E-state index is -0.973. The van der Waals surface area contributed by atoms with Crippen molar-refractivity contribution in [1.29, 1.82) is 0 Å². The number of nitrogens with two attached hydrogens (primary N) is 1. The number of thioether (sulfide) groups is 1. The number of aromatic carboxylic acids is 1. The van der Waals surface area contributed by atoms with E-state index in [0.717, 1.165) is 4.90 Å². The molecule has 0 unspecified atom stereocenters. The van der Waals surface area contributed by atoms with E-state index < -0.39 is 5.97 Å². The lowest BCUT2D eigenvalue weighted by atomic mass is 10.3. The molecule has 0 bridgehead atoms. The van der Waals surface area contributed by atoms with Crippen molar-refractivity contribution >= 4 is 35.0 Å². The fourth-order valence-electron chi connectivity index (χ4n) is 1.56. The number of aromatic nitrogens is 2. The first-order valence-corrected chi connectivity index (χ1v) is 6.77. The van der Waals surface area contributed by atoms with Gasteiger partial charge in [-0.15, -0.1) is 11.8 Å². The summed E-state index contributed by atoms with van der Waals surface area (Å²) in [4.78, 5) is 12.0. The Morgan fingerprint density at radius 2 is 2.32 bits per heavy atom. The predicted octanol–water partition coefficient (Wildman–Crippen LogP) is 2.65. The topological polar surface area (TPSA) is 81.1 Å². The Morgan fingerprint density at radius 3 is 2.95 bits per heavy atom. The molecule has 1 aromatic carbocycles. The number of benzene rings is 1. The lowest BCUT2D eigenvalue weighted by Crippen LogP contribution is -2.03. The zero-order valence-electron chi connectivity index (χ0n) is 10.1. The molecule has 0 aliphatic rings. The van der Waals surface area contributed by atoms with Gasteiger partial charge in [-0.25, -0.2) is 4.79 Å². The summed E-state index contributed by atoms with van der Waals surface area (Å²) in [5.74, 6) is -0.475. The fourth-order valence-corrected chi connectivity index (χ4v) is 2.82. The van der Waals surface area contributed by atoms with Crippen molar-refractivity contribution in [3.05, 3.63) is 40.7 Å². The van der Waals surface area contributed by atoms with Crippen LogP contribution < -0.4 is 5.73 Å². The highest BCUT2D eigenvalue weighted by atomic mass is 35.5. The zero-order valence-corrected chi connectivity index (χ0v) is 11.7. The van der Waals surface area contributed by atoms with E-state index in [2.05, 4.69) is 5.10 Å². The highest BCUT2D eigenvalue weighted by Gasteiger charge is 2.15. The lowest BCUT2D eigenvalue weighted by Gasteiger charge is -2.05. The Labute approximate surface area is 119 Å². The highest BCUT2D eigenvalue weighted by molar-refractivity contribution is 7.98. The maximum atomic E-state index is 11.0. The minimum Gasteiger partial charge on any atom is -0.478 e. The summed E-state index contributed by atoms with van der Waals surface area (Å²) in [5, 5.41) is 13.5. The van der Waals surface area contributed by atoms with Gasteiger partial charge in [0.05, 0.1) is 22.6 Å². The van der Waals surface area contributed by atoms with Gasteiger partial charge in [0.25, 0.3) is 0 Å². The van der Waals surface area contributed by atoms with E-state index in [1.54, 1.807) is 23.9 Å².